The van der Waals surface area contributed by atoms with Crippen LogP contribution in [-0.4, -0.2) is 43.3 Å². The second kappa shape index (κ2) is 5.10. The maximum atomic E-state index is 5.65. The maximum Gasteiger partial charge on any atom is 0.0576 e. The van der Waals surface area contributed by atoms with Gasteiger partial charge in [0.25, 0.3) is 0 Å². The number of nitrogens with zero attached hydrogens (tertiary/aromatic N) is 1. The topological polar surface area (TPSA) is 38.5 Å². The lowest BCUT2D eigenvalue weighted by Crippen LogP contribution is -2.51. The van der Waals surface area contributed by atoms with Crippen LogP contribution < -0.4 is 5.73 Å². The first-order valence-electron chi connectivity index (χ1n) is 5.96. The first-order valence-corrected chi connectivity index (χ1v) is 5.96. The Morgan fingerprint density at radius 3 is 2.86 bits per heavy atom. The van der Waals surface area contributed by atoms with Crippen molar-refractivity contribution in [2.75, 3.05) is 26.2 Å². The van der Waals surface area contributed by atoms with Gasteiger partial charge in [-0.25, -0.2) is 0 Å². The Bertz CT molecular complexity index is 167. The number of likely N-dealkylation sites (tertiary alicyclic amines) is 1. The van der Waals surface area contributed by atoms with E-state index in [-0.39, 0.29) is 0 Å². The van der Waals surface area contributed by atoms with E-state index >= 15 is 0 Å². The minimum Gasteiger partial charge on any atom is -0.378 e. The molecule has 2 heterocycles. The second-order valence-electron chi connectivity index (χ2n) is 4.49. The molecule has 0 spiro atoms. The summed E-state index contributed by atoms with van der Waals surface area (Å²) in [5, 5.41) is 0. The first kappa shape index (κ1) is 10.4. The van der Waals surface area contributed by atoms with Gasteiger partial charge in [-0.2, -0.15) is 0 Å². The normalized spacial score (nSPS) is 33.2. The van der Waals surface area contributed by atoms with Crippen LogP contribution in [-0.2, 0) is 4.74 Å². The van der Waals surface area contributed by atoms with E-state index in [4.69, 9.17) is 10.5 Å². The molecule has 2 N–H and O–H groups in total. The average Bonchev–Trinajstić information content (AvgIpc) is 2.64. The molecule has 82 valence electrons. The predicted molar refractivity (Wildman–Crippen MR) is 57.2 cm³/mol. The lowest BCUT2D eigenvalue weighted by atomic mass is 10.0. The third kappa shape index (κ3) is 2.47. The summed E-state index contributed by atoms with van der Waals surface area (Å²) < 4.78 is 5.60. The van der Waals surface area contributed by atoms with Crippen LogP contribution in [0.25, 0.3) is 0 Å². The van der Waals surface area contributed by atoms with Gasteiger partial charge in [0, 0.05) is 25.7 Å². The van der Waals surface area contributed by atoms with Gasteiger partial charge in [-0.3, -0.25) is 4.90 Å². The molecule has 3 nitrogen and oxygen atoms in total. The fourth-order valence-corrected chi connectivity index (χ4v) is 2.45. The van der Waals surface area contributed by atoms with Gasteiger partial charge >= 0.3 is 0 Å². The Labute approximate surface area is 86.6 Å². The summed E-state index contributed by atoms with van der Waals surface area (Å²) in [5.41, 5.74) is 5.65. The average molecular weight is 198 g/mol. The molecule has 0 aromatic carbocycles. The highest BCUT2D eigenvalue weighted by molar-refractivity contribution is 4.83. The molecular weight excluding hydrogens is 176 g/mol. The molecule has 2 atom stereocenters. The Balaban J connectivity index is 1.54. The SMILES string of the molecule is NCC1CCN1CCCC1CCCO1. The van der Waals surface area contributed by atoms with Crippen molar-refractivity contribution in [3.63, 3.8) is 0 Å². The molecule has 0 aliphatic carbocycles. The zero-order chi connectivity index (χ0) is 9.80. The van der Waals surface area contributed by atoms with Crippen LogP contribution >= 0.6 is 0 Å². The van der Waals surface area contributed by atoms with Crippen molar-refractivity contribution >= 4 is 0 Å². The molecule has 14 heavy (non-hydrogen) atoms. The van der Waals surface area contributed by atoms with E-state index in [0.29, 0.717) is 12.1 Å². The molecule has 2 unspecified atom stereocenters. The van der Waals surface area contributed by atoms with Crippen LogP contribution in [0.2, 0.25) is 0 Å². The Morgan fingerprint density at radius 1 is 1.36 bits per heavy atom. The largest absolute Gasteiger partial charge is 0.378 e. The molecule has 2 rings (SSSR count). The zero-order valence-corrected chi connectivity index (χ0v) is 8.95. The quantitative estimate of drug-likeness (QED) is 0.715. The summed E-state index contributed by atoms with van der Waals surface area (Å²) >= 11 is 0. The molecule has 2 aliphatic rings. The fourth-order valence-electron chi connectivity index (χ4n) is 2.45. The fraction of sp³-hybridized carbons (Fsp3) is 1.00. The van der Waals surface area contributed by atoms with Gasteiger partial charge in [-0.1, -0.05) is 0 Å². The van der Waals surface area contributed by atoms with E-state index in [1.54, 1.807) is 0 Å². The highest BCUT2D eigenvalue weighted by Gasteiger charge is 2.26. The Hall–Kier alpha value is -0.120. The smallest absolute Gasteiger partial charge is 0.0576 e. The first-order chi connectivity index (χ1) is 6.90. The van der Waals surface area contributed by atoms with Crippen molar-refractivity contribution in [1.29, 1.82) is 0 Å². The molecule has 3 heteroatoms. The summed E-state index contributed by atoms with van der Waals surface area (Å²) in [6.45, 7) is 4.30. The van der Waals surface area contributed by atoms with Crippen LogP contribution in [0, 0.1) is 0 Å². The van der Waals surface area contributed by atoms with Crippen LogP contribution in [0.15, 0.2) is 0 Å². The van der Waals surface area contributed by atoms with Gasteiger partial charge < -0.3 is 10.5 Å². The van der Waals surface area contributed by atoms with Crippen molar-refractivity contribution in [2.24, 2.45) is 5.73 Å². The highest BCUT2D eigenvalue weighted by Crippen LogP contribution is 2.20. The minimum atomic E-state index is 0.563. The van der Waals surface area contributed by atoms with Crippen LogP contribution in [0.3, 0.4) is 0 Å². The number of hydrogen-bond donors (Lipinski definition) is 1. The third-order valence-corrected chi connectivity index (χ3v) is 3.53. The van der Waals surface area contributed by atoms with E-state index in [1.165, 1.54) is 45.2 Å². The predicted octanol–water partition coefficient (Wildman–Crippen LogP) is 0.979. The third-order valence-electron chi connectivity index (χ3n) is 3.53. The van der Waals surface area contributed by atoms with Crippen molar-refractivity contribution < 1.29 is 4.74 Å². The van der Waals surface area contributed by atoms with Gasteiger partial charge in [0.2, 0.25) is 0 Å². The molecule has 0 aromatic heterocycles. The summed E-state index contributed by atoms with van der Waals surface area (Å²) in [7, 11) is 0. The molecule has 0 radical (unpaired) electrons. The van der Waals surface area contributed by atoms with Crippen LogP contribution in [0.1, 0.15) is 32.1 Å². The molecule has 2 fully saturated rings. The second-order valence-corrected chi connectivity index (χ2v) is 4.49. The molecule has 0 aromatic rings. The maximum absolute atomic E-state index is 5.65. The summed E-state index contributed by atoms with van der Waals surface area (Å²) in [4.78, 5) is 2.51. The molecular formula is C11H22N2O. The van der Waals surface area contributed by atoms with Crippen LogP contribution in [0.5, 0.6) is 0 Å². The van der Waals surface area contributed by atoms with Crippen molar-refractivity contribution in [3.05, 3.63) is 0 Å². The monoisotopic (exact) mass is 198 g/mol. The Kier molecular flexibility index (Phi) is 3.79. The number of ether oxygens (including phenoxy) is 1. The number of hydrogen-bond acceptors (Lipinski definition) is 3. The van der Waals surface area contributed by atoms with E-state index in [0.717, 1.165) is 13.2 Å². The lowest BCUT2D eigenvalue weighted by Gasteiger charge is -2.40. The van der Waals surface area contributed by atoms with E-state index in [9.17, 15) is 0 Å². The molecule has 2 aliphatic heterocycles. The number of nitrogens with two attached hydrogens (primary N) is 1. The van der Waals surface area contributed by atoms with Crippen molar-refractivity contribution in [1.82, 2.24) is 4.90 Å². The lowest BCUT2D eigenvalue weighted by molar-refractivity contribution is 0.0734. The molecule has 0 saturated carbocycles. The van der Waals surface area contributed by atoms with Crippen molar-refractivity contribution in [2.45, 2.75) is 44.2 Å². The molecule has 0 amide bonds. The standard InChI is InChI=1S/C11H22N2O/c12-9-10-5-7-13(10)6-1-3-11-4-2-8-14-11/h10-11H,1-9,12H2. The van der Waals surface area contributed by atoms with Crippen molar-refractivity contribution in [3.8, 4) is 0 Å². The highest BCUT2D eigenvalue weighted by atomic mass is 16.5. The molecule has 0 bridgehead atoms. The zero-order valence-electron chi connectivity index (χ0n) is 8.95. The summed E-state index contributed by atoms with van der Waals surface area (Å²) in [5.74, 6) is 0. The van der Waals surface area contributed by atoms with E-state index in [2.05, 4.69) is 4.90 Å². The van der Waals surface area contributed by atoms with Gasteiger partial charge in [-0.05, 0) is 38.6 Å². The molecule has 2 saturated heterocycles. The van der Waals surface area contributed by atoms with Gasteiger partial charge in [0.15, 0.2) is 0 Å². The van der Waals surface area contributed by atoms with E-state index < -0.39 is 0 Å². The van der Waals surface area contributed by atoms with Gasteiger partial charge in [0.05, 0.1) is 6.10 Å². The Morgan fingerprint density at radius 2 is 2.29 bits per heavy atom. The van der Waals surface area contributed by atoms with Gasteiger partial charge in [0.1, 0.15) is 0 Å². The van der Waals surface area contributed by atoms with Gasteiger partial charge in [-0.15, -0.1) is 0 Å². The number of rotatable bonds is 5. The van der Waals surface area contributed by atoms with E-state index in [1.807, 2.05) is 0 Å². The minimum absolute atomic E-state index is 0.563. The summed E-state index contributed by atoms with van der Waals surface area (Å²) in [6.07, 6.45) is 6.93. The summed E-state index contributed by atoms with van der Waals surface area (Å²) in [6, 6.07) is 0.680. The van der Waals surface area contributed by atoms with Crippen LogP contribution in [0.4, 0.5) is 0 Å².